The van der Waals surface area contributed by atoms with Crippen molar-refractivity contribution in [1.82, 2.24) is 0 Å². The minimum absolute atomic E-state index is 0.0327. The minimum Gasteiger partial charge on any atom is -0.544 e. The van der Waals surface area contributed by atoms with E-state index >= 15 is 0 Å². The number of esters is 2. The summed E-state index contributed by atoms with van der Waals surface area (Å²) in [5, 5.41) is 11.5. The number of hydrogen-bond acceptors (Lipinski definition) is 7. The molecule has 45 heavy (non-hydrogen) atoms. The Bertz CT molecular complexity index is 844. The third kappa shape index (κ3) is 27.6. The van der Waals surface area contributed by atoms with Crippen molar-refractivity contribution >= 4 is 17.9 Å². The van der Waals surface area contributed by atoms with Crippen LogP contribution in [0.15, 0.2) is 36.5 Å². The fourth-order valence-electron chi connectivity index (χ4n) is 4.70. The summed E-state index contributed by atoms with van der Waals surface area (Å²) in [5.74, 6) is -1.80. The van der Waals surface area contributed by atoms with Gasteiger partial charge in [0.25, 0.3) is 0 Å². The summed E-state index contributed by atoms with van der Waals surface area (Å²) in [4.78, 5) is 35.9. The van der Waals surface area contributed by atoms with E-state index in [1.165, 1.54) is 38.5 Å². The Hall–Kier alpha value is -2.45. The lowest BCUT2D eigenvalue weighted by Gasteiger charge is -2.34. The first-order valence-corrected chi connectivity index (χ1v) is 17.5. The minimum atomic E-state index is -1.13. The van der Waals surface area contributed by atoms with Crippen molar-refractivity contribution < 1.29 is 38.2 Å². The highest BCUT2D eigenvalue weighted by molar-refractivity contribution is 5.70. The Morgan fingerprint density at radius 3 is 1.78 bits per heavy atom. The number of nitrogens with zero attached hydrogens (tertiary/aromatic N) is 1. The Labute approximate surface area is 274 Å². The van der Waals surface area contributed by atoms with E-state index in [1.54, 1.807) is 21.1 Å². The molecular weight excluding hydrogens is 570 g/mol. The zero-order valence-corrected chi connectivity index (χ0v) is 29.3. The summed E-state index contributed by atoms with van der Waals surface area (Å²) in [5.41, 5.74) is 0. The maximum Gasteiger partial charge on any atom is 0.306 e. The van der Waals surface area contributed by atoms with Crippen LogP contribution >= 0.6 is 0 Å². The predicted molar refractivity (Wildman–Crippen MR) is 180 cm³/mol. The van der Waals surface area contributed by atoms with Gasteiger partial charge in [-0.1, -0.05) is 95.2 Å². The van der Waals surface area contributed by atoms with E-state index in [1.807, 2.05) is 6.92 Å². The van der Waals surface area contributed by atoms with Crippen LogP contribution in [-0.2, 0) is 28.6 Å². The number of aliphatic carboxylic acids is 1. The maximum absolute atomic E-state index is 12.5. The van der Waals surface area contributed by atoms with Gasteiger partial charge in [-0.3, -0.25) is 9.59 Å². The van der Waals surface area contributed by atoms with Crippen LogP contribution in [0.3, 0.4) is 0 Å². The van der Waals surface area contributed by atoms with Crippen molar-refractivity contribution in [2.45, 2.75) is 142 Å². The highest BCUT2D eigenvalue weighted by atomic mass is 16.6. The third-order valence-corrected chi connectivity index (χ3v) is 7.53. The number of carbonyl (C=O) groups is 3. The molecule has 0 bridgehead atoms. The van der Waals surface area contributed by atoms with Crippen LogP contribution in [0.2, 0.25) is 0 Å². The number of carboxylic acid groups (broad SMARTS) is 1. The third-order valence-electron chi connectivity index (χ3n) is 7.53. The molecule has 0 aromatic carbocycles. The van der Waals surface area contributed by atoms with Crippen molar-refractivity contribution in [3.63, 3.8) is 0 Å². The number of likely N-dealkylation sites (N-methyl/N-ethyl adjacent to an activating group) is 1. The Kier molecular flexibility index (Phi) is 27.4. The van der Waals surface area contributed by atoms with E-state index < -0.39 is 18.1 Å². The molecule has 0 N–H and O–H groups in total. The molecule has 0 aromatic heterocycles. The second kappa shape index (κ2) is 29.0. The highest BCUT2D eigenvalue weighted by Crippen LogP contribution is 2.12. The van der Waals surface area contributed by atoms with Crippen LogP contribution < -0.4 is 5.11 Å². The molecule has 2 unspecified atom stereocenters. The summed E-state index contributed by atoms with van der Waals surface area (Å²) < 4.78 is 16.7. The molecule has 0 saturated carbocycles. The van der Waals surface area contributed by atoms with Crippen LogP contribution in [0.25, 0.3) is 0 Å². The number of ether oxygens (including phenoxy) is 3. The average Bonchev–Trinajstić information content (AvgIpc) is 2.98. The fourth-order valence-corrected chi connectivity index (χ4v) is 4.70. The van der Waals surface area contributed by atoms with Crippen molar-refractivity contribution in [2.75, 3.05) is 41.0 Å². The SMILES string of the molecule is CCCCC/C=C\C/C=C\C/C=C\CCCCCCCCC(=O)OC(COCCC(C(=O)[O-])[N+](C)(C)C)COC(=O)CCCC. The molecule has 0 aliphatic rings. The van der Waals surface area contributed by atoms with Gasteiger partial charge in [0.05, 0.1) is 40.3 Å². The maximum atomic E-state index is 12.5. The molecule has 0 heterocycles. The molecule has 260 valence electrons. The summed E-state index contributed by atoms with van der Waals surface area (Å²) in [6.45, 7) is 4.35. The standard InChI is InChI=1S/C37H65NO7/c1-6-8-10-11-12-13-14-15-16-17-18-19-20-21-22-23-24-25-26-28-36(40)45-33(32-44-35(39)27-9-7-2)31-43-30-29-34(37(41)42)38(3,4)5/h12-13,15-16,18-19,33-34H,6-11,14,17,20-32H2,1-5H3/b13-12-,16-15-,19-18-. The zero-order chi connectivity index (χ0) is 33.6. The van der Waals surface area contributed by atoms with Gasteiger partial charge in [-0.2, -0.15) is 0 Å². The lowest BCUT2D eigenvalue weighted by Crippen LogP contribution is -2.55. The second-order valence-corrected chi connectivity index (χ2v) is 12.8. The molecule has 8 nitrogen and oxygen atoms in total. The molecule has 8 heteroatoms. The first-order valence-electron chi connectivity index (χ1n) is 17.5. The van der Waals surface area contributed by atoms with Crippen LogP contribution in [0.5, 0.6) is 0 Å². The Morgan fingerprint density at radius 2 is 1.20 bits per heavy atom. The van der Waals surface area contributed by atoms with Crippen LogP contribution in [0, 0.1) is 0 Å². The van der Waals surface area contributed by atoms with Crippen LogP contribution in [0.1, 0.15) is 129 Å². The molecule has 0 amide bonds. The van der Waals surface area contributed by atoms with Gasteiger partial charge in [0, 0.05) is 19.3 Å². The predicted octanol–water partition coefficient (Wildman–Crippen LogP) is 7.01. The molecule has 0 radical (unpaired) electrons. The highest BCUT2D eigenvalue weighted by Gasteiger charge is 2.25. The number of rotatable bonds is 30. The summed E-state index contributed by atoms with van der Waals surface area (Å²) in [6, 6.07) is -0.723. The molecule has 0 aliphatic carbocycles. The largest absolute Gasteiger partial charge is 0.544 e. The van der Waals surface area contributed by atoms with E-state index in [9.17, 15) is 19.5 Å². The van der Waals surface area contributed by atoms with Gasteiger partial charge in [0.1, 0.15) is 12.6 Å². The first kappa shape index (κ1) is 42.6. The summed E-state index contributed by atoms with van der Waals surface area (Å²) in [7, 11) is 5.36. The second-order valence-electron chi connectivity index (χ2n) is 12.8. The molecule has 0 saturated heterocycles. The van der Waals surface area contributed by atoms with Crippen LogP contribution in [-0.4, -0.2) is 75.5 Å². The summed E-state index contributed by atoms with van der Waals surface area (Å²) >= 11 is 0. The molecule has 0 spiro atoms. The van der Waals surface area contributed by atoms with E-state index in [0.29, 0.717) is 12.8 Å². The Morgan fingerprint density at radius 1 is 0.667 bits per heavy atom. The normalized spacial score (nSPS) is 13.5. The molecule has 0 aliphatic heterocycles. The van der Waals surface area contributed by atoms with Crippen molar-refractivity contribution in [2.24, 2.45) is 0 Å². The number of carbonyl (C=O) groups excluding carboxylic acids is 3. The number of allylic oxidation sites excluding steroid dienone is 6. The molecular formula is C37H65NO7. The van der Waals surface area contributed by atoms with E-state index in [4.69, 9.17) is 14.2 Å². The van der Waals surface area contributed by atoms with Gasteiger partial charge >= 0.3 is 11.9 Å². The monoisotopic (exact) mass is 635 g/mol. The van der Waals surface area contributed by atoms with E-state index in [0.717, 1.165) is 57.8 Å². The fraction of sp³-hybridized carbons (Fsp3) is 0.757. The first-order chi connectivity index (χ1) is 21.6. The number of unbranched alkanes of at least 4 members (excludes halogenated alkanes) is 10. The Balaban J connectivity index is 4.18. The van der Waals surface area contributed by atoms with Gasteiger partial charge in [-0.15, -0.1) is 0 Å². The van der Waals surface area contributed by atoms with E-state index in [2.05, 4.69) is 43.4 Å². The van der Waals surface area contributed by atoms with Crippen LogP contribution in [0.4, 0.5) is 0 Å². The number of carboxylic acids is 1. The molecule has 0 aromatic rings. The molecule has 0 fully saturated rings. The topological polar surface area (TPSA) is 102 Å². The quantitative estimate of drug-likeness (QED) is 0.0362. The zero-order valence-electron chi connectivity index (χ0n) is 29.3. The lowest BCUT2D eigenvalue weighted by atomic mass is 10.1. The van der Waals surface area contributed by atoms with Crippen molar-refractivity contribution in [3.05, 3.63) is 36.5 Å². The van der Waals surface area contributed by atoms with Gasteiger partial charge < -0.3 is 28.6 Å². The van der Waals surface area contributed by atoms with Gasteiger partial charge in [-0.05, 0) is 51.4 Å². The molecule has 2 atom stereocenters. The molecule has 0 rings (SSSR count). The smallest absolute Gasteiger partial charge is 0.306 e. The lowest BCUT2D eigenvalue weighted by molar-refractivity contribution is -0.889. The van der Waals surface area contributed by atoms with Gasteiger partial charge in [0.2, 0.25) is 0 Å². The summed E-state index contributed by atoms with van der Waals surface area (Å²) in [6.07, 6.45) is 29.8. The van der Waals surface area contributed by atoms with Crippen molar-refractivity contribution in [3.8, 4) is 0 Å². The average molecular weight is 636 g/mol. The number of quaternary nitrogens is 1. The van der Waals surface area contributed by atoms with Gasteiger partial charge in [0.15, 0.2) is 6.10 Å². The van der Waals surface area contributed by atoms with E-state index in [-0.39, 0.29) is 42.7 Å². The van der Waals surface area contributed by atoms with Gasteiger partial charge in [-0.25, -0.2) is 0 Å². The number of hydrogen-bond donors (Lipinski definition) is 0. The van der Waals surface area contributed by atoms with Crippen molar-refractivity contribution in [1.29, 1.82) is 0 Å².